The summed E-state index contributed by atoms with van der Waals surface area (Å²) in [5.74, 6) is 1.24. The molecule has 18 rings (SSSR count). The summed E-state index contributed by atoms with van der Waals surface area (Å²) in [6.07, 6.45) is 11.9. The second kappa shape index (κ2) is 39.3. The van der Waals surface area contributed by atoms with Crippen LogP contribution in [0.2, 0.25) is 0 Å². The second-order valence-corrected chi connectivity index (χ2v) is 36.7. The van der Waals surface area contributed by atoms with Crippen molar-refractivity contribution in [1.29, 1.82) is 0 Å². The van der Waals surface area contributed by atoms with Gasteiger partial charge in [0.05, 0.1) is 54.6 Å². The van der Waals surface area contributed by atoms with E-state index in [-0.39, 0.29) is 0 Å². The molecule has 0 aliphatic rings. The third-order valence-corrected chi connectivity index (χ3v) is 26.0. The first-order chi connectivity index (χ1) is 61.8. The van der Waals surface area contributed by atoms with Gasteiger partial charge in [0.25, 0.3) is 0 Å². The van der Waals surface area contributed by atoms with Crippen LogP contribution in [0.1, 0.15) is 149 Å². The highest BCUT2D eigenvalue weighted by Gasteiger charge is 2.26. The Hall–Kier alpha value is -12.9. The zero-order valence-electron chi connectivity index (χ0n) is 83.6. The molecule has 0 amide bonds. The normalized spacial score (nSPS) is 11.6. The maximum Gasteiger partial charge on any atom is 0.220 e. The number of benzene rings is 12. The van der Waals surface area contributed by atoms with E-state index in [1.54, 1.807) is 6.07 Å². The molecule has 6 aromatic heterocycles. The molecular formula is C121H134N6+6. The monoisotopic (exact) mass is 1670 g/mol. The van der Waals surface area contributed by atoms with Gasteiger partial charge in [0.1, 0.15) is 42.3 Å². The van der Waals surface area contributed by atoms with Gasteiger partial charge in [-0.3, -0.25) is 0 Å². The second-order valence-electron chi connectivity index (χ2n) is 36.7. The van der Waals surface area contributed by atoms with Crippen LogP contribution >= 0.6 is 0 Å². The van der Waals surface area contributed by atoms with E-state index in [2.05, 4.69) is 468 Å². The third kappa shape index (κ3) is 20.0. The molecule has 0 radical (unpaired) electrons. The van der Waals surface area contributed by atoms with Crippen LogP contribution in [0.3, 0.4) is 0 Å². The Morgan fingerprint density at radius 1 is 0.260 bits per heavy atom. The molecule has 0 atom stereocenters. The Morgan fingerprint density at radius 2 is 0.591 bits per heavy atom. The van der Waals surface area contributed by atoms with Crippen molar-refractivity contribution in [3.05, 3.63) is 391 Å². The molecule has 0 saturated heterocycles. The van der Waals surface area contributed by atoms with Gasteiger partial charge in [-0.2, -0.15) is 4.57 Å². The molecule has 0 N–H and O–H groups in total. The smallest absolute Gasteiger partial charge is 0.200 e. The molecule has 6 nitrogen and oxygen atoms in total. The molecule has 0 aliphatic heterocycles. The molecule has 642 valence electrons. The van der Waals surface area contributed by atoms with Crippen molar-refractivity contribution in [1.82, 2.24) is 0 Å². The Balaban J connectivity index is 0.000000133. The molecule has 0 spiro atoms. The number of aryl methyl sites for hydroxylation is 19. The number of hydrogen-bond donors (Lipinski definition) is 0. The highest BCUT2D eigenvalue weighted by Crippen LogP contribution is 2.38. The lowest BCUT2D eigenvalue weighted by Gasteiger charge is -2.12. The quantitative estimate of drug-likeness (QED) is 0.129. The minimum absolute atomic E-state index is 0.435. The standard InChI is InChI=1S/C23H28N.C22H26N.C21H24N.2C19H20N.C17H16N/c1-15(2)11-19-7-8-21-20(14-19)9-10-24(6)23(21)22-13-16(3)12-17(4)18(22)5;1-14(2)18-7-8-20-19(13-18)9-10-23(6)22(20)21-12-15(3)11-16(4)17(21)5;1-13-10-15(3)17(5)18(11-13)20-12-16(4)21-14(2)8-7-9-19(21)22(20)6;2*1-13-11-14(2)15(3)18(12-13)19-17-8-6-5-7-16(17)9-10-20(19)4;1-13-7-3-5-9-15(13)17-16-10-6-4-8-14(16)11-12-18(17)2/h7-10,12-15H,11H2,1-6H3;7-14H,1-6H3;7-12H,1-6H3;2*5-12H,1-4H3;3-12H,1-2H3/q6*+1/i;;3D3;;;. The van der Waals surface area contributed by atoms with Crippen molar-refractivity contribution < 1.29 is 31.5 Å². The maximum absolute atomic E-state index is 7.85. The van der Waals surface area contributed by atoms with E-state index >= 15 is 0 Å². The zero-order valence-corrected chi connectivity index (χ0v) is 80.6. The predicted octanol–water partition coefficient (Wildman–Crippen LogP) is 27.9. The van der Waals surface area contributed by atoms with Gasteiger partial charge < -0.3 is 0 Å². The van der Waals surface area contributed by atoms with E-state index in [0.717, 1.165) is 34.3 Å². The van der Waals surface area contributed by atoms with Gasteiger partial charge in [-0.1, -0.05) is 195 Å². The van der Waals surface area contributed by atoms with E-state index in [4.69, 9.17) is 4.11 Å². The lowest BCUT2D eigenvalue weighted by atomic mass is 9.93. The van der Waals surface area contributed by atoms with E-state index in [0.29, 0.717) is 17.4 Å². The van der Waals surface area contributed by atoms with Crippen LogP contribution in [0, 0.1) is 130 Å². The number of pyridine rings is 6. The van der Waals surface area contributed by atoms with Crippen molar-refractivity contribution in [3.8, 4) is 67.5 Å². The molecule has 6 heterocycles. The molecular weight excluding hydrogens is 1540 g/mol. The van der Waals surface area contributed by atoms with Crippen LogP contribution in [-0.2, 0) is 48.7 Å². The lowest BCUT2D eigenvalue weighted by Crippen LogP contribution is -2.32. The highest BCUT2D eigenvalue weighted by atomic mass is 15.0. The summed E-state index contributed by atoms with van der Waals surface area (Å²) >= 11 is 0. The molecule has 0 saturated carbocycles. The number of nitrogens with zero attached hydrogens (tertiary/aromatic N) is 6. The Kier molecular flexibility index (Phi) is 27.1. The molecule has 0 fully saturated rings. The summed E-state index contributed by atoms with van der Waals surface area (Å²) in [7, 11) is 12.7. The summed E-state index contributed by atoms with van der Waals surface area (Å²) in [5, 5.41) is 14.4. The van der Waals surface area contributed by atoms with Crippen molar-refractivity contribution >= 4 is 64.8 Å². The van der Waals surface area contributed by atoms with Gasteiger partial charge in [-0.25, -0.2) is 22.8 Å². The summed E-state index contributed by atoms with van der Waals surface area (Å²) in [6.45, 7) is 43.6. The van der Waals surface area contributed by atoms with Crippen LogP contribution in [-0.4, -0.2) is 0 Å². The van der Waals surface area contributed by atoms with E-state index in [1.807, 2.05) is 20.9 Å². The average Bonchev–Trinajstić information content (AvgIpc) is 0.793. The molecule has 0 unspecified atom stereocenters. The summed E-state index contributed by atoms with van der Waals surface area (Å²) in [4.78, 5) is 0. The van der Waals surface area contributed by atoms with Crippen molar-refractivity contribution in [3.63, 3.8) is 0 Å². The Bertz CT molecular complexity index is 7210. The van der Waals surface area contributed by atoms with Gasteiger partial charge in [0.15, 0.2) is 31.0 Å². The highest BCUT2D eigenvalue weighted by molar-refractivity contribution is 5.98. The van der Waals surface area contributed by atoms with E-state index in [1.165, 1.54) is 210 Å². The summed E-state index contributed by atoms with van der Waals surface area (Å²) < 4.78 is 36.9. The van der Waals surface area contributed by atoms with Crippen molar-refractivity contribution in [2.75, 3.05) is 0 Å². The Labute approximate surface area is 762 Å². The first-order valence-electron chi connectivity index (χ1n) is 46.6. The zero-order chi connectivity index (χ0) is 93.8. The maximum atomic E-state index is 7.85. The molecule has 127 heavy (non-hydrogen) atoms. The fraction of sp³-hybridized carbons (Fsp3) is 0.256. The largest absolute Gasteiger partial charge is 0.220 e. The van der Waals surface area contributed by atoms with E-state index in [9.17, 15) is 0 Å². The number of fused-ring (bicyclic) bond motifs is 6. The number of rotatable bonds is 9. The lowest BCUT2D eigenvalue weighted by molar-refractivity contribution is -0.659. The molecule has 6 heteroatoms. The third-order valence-electron chi connectivity index (χ3n) is 26.0. The van der Waals surface area contributed by atoms with Crippen LogP contribution in [0.5, 0.6) is 0 Å². The summed E-state index contributed by atoms with van der Waals surface area (Å²) in [5.41, 5.74) is 41.3. The molecule has 0 aliphatic carbocycles. The molecule has 12 aromatic carbocycles. The van der Waals surface area contributed by atoms with Gasteiger partial charge in [-0.15, -0.1) is 0 Å². The van der Waals surface area contributed by atoms with Gasteiger partial charge >= 0.3 is 0 Å². The van der Waals surface area contributed by atoms with Crippen molar-refractivity contribution in [2.45, 2.75) is 165 Å². The summed E-state index contributed by atoms with van der Waals surface area (Å²) in [6, 6.07) is 89.7. The Morgan fingerprint density at radius 3 is 0.984 bits per heavy atom. The number of aromatic nitrogens is 6. The van der Waals surface area contributed by atoms with Crippen molar-refractivity contribution in [2.24, 2.45) is 48.2 Å². The SMILES string of the molecule is Cc1cc(C)c(C)c(-c2c3ccc(C(C)C)cc3cc[n+]2C)c1.Cc1cc(C)c(C)c(-c2c3ccc(CC(C)C)cc3cc[n+]2C)c1.Cc1cc(C)c(C)c(-c2c3ccccc3cc[n+]2C)c1.Cc1cc(C)c(C)c(-c2c3ccccc3cc[n+]2C)c1.Cc1ccccc1-c1c2ccccc2cc[n+]1C.[2H]C([2H])([2H])c1cc(C)cc(-c2cc(C)c3c(C)cccc3[n+]2C)c1C. The minimum Gasteiger partial charge on any atom is -0.200 e. The van der Waals surface area contributed by atoms with Gasteiger partial charge in [0, 0.05) is 57.7 Å². The molecule has 0 bridgehead atoms. The number of hydrogen-bond acceptors (Lipinski definition) is 0. The van der Waals surface area contributed by atoms with Gasteiger partial charge in [0.2, 0.25) is 39.7 Å². The fourth-order valence-electron chi connectivity index (χ4n) is 18.7. The van der Waals surface area contributed by atoms with E-state index < -0.39 is 6.85 Å². The first-order valence-corrected chi connectivity index (χ1v) is 45.1. The van der Waals surface area contributed by atoms with Crippen LogP contribution < -0.4 is 27.4 Å². The minimum atomic E-state index is -2.11. The van der Waals surface area contributed by atoms with Gasteiger partial charge in [-0.05, 0) is 320 Å². The van der Waals surface area contributed by atoms with Crippen LogP contribution in [0.25, 0.3) is 132 Å². The first kappa shape index (κ1) is 87.6. The fourth-order valence-corrected chi connectivity index (χ4v) is 18.7. The van der Waals surface area contributed by atoms with Crippen LogP contribution in [0.4, 0.5) is 0 Å². The topological polar surface area (TPSA) is 23.3 Å². The molecule has 18 aromatic rings. The average molecular weight is 1680 g/mol. The van der Waals surface area contributed by atoms with Crippen LogP contribution in [0.15, 0.2) is 280 Å². The predicted molar refractivity (Wildman–Crippen MR) is 541 cm³/mol.